The van der Waals surface area contributed by atoms with Crippen LogP contribution in [0.15, 0.2) is 30.5 Å². The number of carbonyl (C=O) groups excluding carboxylic acids is 1. The van der Waals surface area contributed by atoms with Crippen LogP contribution in [0.2, 0.25) is 0 Å². The van der Waals surface area contributed by atoms with Crippen LogP contribution in [0.3, 0.4) is 0 Å². The molecule has 1 aliphatic heterocycles. The zero-order chi connectivity index (χ0) is 18.7. The third-order valence-corrected chi connectivity index (χ3v) is 6.04. The molecule has 1 unspecified atom stereocenters. The van der Waals surface area contributed by atoms with E-state index in [4.69, 9.17) is 24.0 Å². The van der Waals surface area contributed by atoms with E-state index in [-0.39, 0.29) is 19.8 Å². The van der Waals surface area contributed by atoms with Gasteiger partial charge in [-0.2, -0.15) is 0 Å². The van der Waals surface area contributed by atoms with Gasteiger partial charge in [-0.1, -0.05) is 0 Å². The van der Waals surface area contributed by atoms with Crippen LogP contribution < -0.4 is 5.73 Å². The molecule has 1 aromatic carbocycles. The first-order valence-electron chi connectivity index (χ1n) is 8.55. The number of nitrogens with two attached hydrogens (primary N) is 1. The summed E-state index contributed by atoms with van der Waals surface area (Å²) in [6, 6.07) is 7.16. The molecular weight excluding hydrogens is 359 g/mol. The number of aryl methyl sites for hydroxylation is 1. The standard InChI is InChI=1S/C17H25N2O6P/c1-3-23-26(21)24-11-13(25-26)10-22-17(20)15(18)8-12-9-19(2)16-7-5-4-6-14(12)16/h4-7,9,13,15,21,26H,3,8,10-11,18H2,1-2H3/t13?,15-/m1/s1. The van der Waals surface area contributed by atoms with Gasteiger partial charge in [-0.3, -0.25) is 0 Å². The monoisotopic (exact) mass is 384 g/mol. The number of benzene rings is 1. The van der Waals surface area contributed by atoms with Crippen LogP contribution in [-0.2, 0) is 36.6 Å². The molecule has 1 fully saturated rings. The first kappa shape index (κ1) is 19.2. The molecular formula is C17H25N2O6P. The second kappa shape index (κ2) is 8.00. The molecule has 0 spiro atoms. The predicted molar refractivity (Wildman–Crippen MR) is 98.5 cm³/mol. The molecule has 0 aliphatic carbocycles. The maximum absolute atomic E-state index is 12.2. The number of para-hydroxylation sites is 1. The molecule has 2 aromatic rings. The Morgan fingerprint density at radius 3 is 3.04 bits per heavy atom. The molecule has 0 saturated carbocycles. The molecule has 1 aromatic heterocycles. The van der Waals surface area contributed by atoms with Crippen molar-refractivity contribution in [2.24, 2.45) is 12.8 Å². The Balaban J connectivity index is 1.54. The Morgan fingerprint density at radius 2 is 2.27 bits per heavy atom. The van der Waals surface area contributed by atoms with Gasteiger partial charge in [0.25, 0.3) is 0 Å². The summed E-state index contributed by atoms with van der Waals surface area (Å²) < 4.78 is 22.8. The molecule has 3 N–H and O–H groups in total. The number of rotatable bonds is 7. The van der Waals surface area contributed by atoms with Gasteiger partial charge in [0.15, 0.2) is 0 Å². The van der Waals surface area contributed by atoms with Crippen LogP contribution in [0.25, 0.3) is 10.9 Å². The maximum atomic E-state index is 12.2. The molecule has 9 heteroatoms. The van der Waals surface area contributed by atoms with Gasteiger partial charge in [-0.25, -0.2) is 0 Å². The van der Waals surface area contributed by atoms with Crippen LogP contribution in [0.5, 0.6) is 0 Å². The minimum absolute atomic E-state index is 0.0372. The van der Waals surface area contributed by atoms with Crippen LogP contribution in [-0.4, -0.2) is 47.4 Å². The molecule has 0 amide bonds. The van der Waals surface area contributed by atoms with Crippen LogP contribution in [0.1, 0.15) is 12.5 Å². The fourth-order valence-electron chi connectivity index (χ4n) is 3.01. The van der Waals surface area contributed by atoms with Gasteiger partial charge < -0.3 is 0 Å². The summed E-state index contributed by atoms with van der Waals surface area (Å²) in [6.07, 6.45) is 1.80. The number of carbonyl (C=O) groups is 1. The van der Waals surface area contributed by atoms with Crippen molar-refractivity contribution in [2.75, 3.05) is 19.8 Å². The summed E-state index contributed by atoms with van der Waals surface area (Å²) >= 11 is 0. The van der Waals surface area contributed by atoms with E-state index in [0.717, 1.165) is 16.5 Å². The van der Waals surface area contributed by atoms with Crippen LogP contribution in [0.4, 0.5) is 0 Å². The van der Waals surface area contributed by atoms with E-state index in [1.54, 1.807) is 6.92 Å². The SMILES string of the molecule is CCO[PH]1(O)OCC(COC(=O)[C@H](N)Cc2cn(C)c3ccccc23)O1. The Labute approximate surface area is 152 Å². The average Bonchev–Trinajstić information content (AvgIpc) is 3.14. The third-order valence-electron chi connectivity index (χ3n) is 4.23. The quantitative estimate of drug-likeness (QED) is 0.550. The summed E-state index contributed by atoms with van der Waals surface area (Å²) in [7, 11) is -1.61. The number of ether oxygens (including phenoxy) is 1. The van der Waals surface area contributed by atoms with E-state index >= 15 is 0 Å². The number of aromatic nitrogens is 1. The van der Waals surface area contributed by atoms with Crippen LogP contribution >= 0.6 is 8.17 Å². The minimum atomic E-state index is -3.56. The van der Waals surface area contributed by atoms with E-state index in [0.29, 0.717) is 6.42 Å². The molecule has 0 radical (unpaired) electrons. The third kappa shape index (κ3) is 4.23. The topological polar surface area (TPSA) is 105 Å². The predicted octanol–water partition coefficient (Wildman–Crippen LogP) is 1.45. The van der Waals surface area contributed by atoms with Crippen molar-refractivity contribution in [3.8, 4) is 0 Å². The fourth-order valence-corrected chi connectivity index (χ4v) is 4.55. The summed E-state index contributed by atoms with van der Waals surface area (Å²) in [5.74, 6) is -0.518. The Kier molecular flexibility index (Phi) is 5.92. The number of esters is 1. The van der Waals surface area contributed by atoms with Crippen molar-refractivity contribution < 1.29 is 28.0 Å². The van der Waals surface area contributed by atoms with E-state index in [9.17, 15) is 9.69 Å². The van der Waals surface area contributed by atoms with Crippen molar-refractivity contribution in [3.05, 3.63) is 36.0 Å². The molecule has 2 atom stereocenters. The van der Waals surface area contributed by atoms with Gasteiger partial charge in [0.2, 0.25) is 0 Å². The van der Waals surface area contributed by atoms with Gasteiger partial charge in [-0.05, 0) is 0 Å². The first-order valence-corrected chi connectivity index (χ1v) is 10.2. The van der Waals surface area contributed by atoms with Gasteiger partial charge in [-0.15, -0.1) is 0 Å². The van der Waals surface area contributed by atoms with Crippen molar-refractivity contribution in [3.63, 3.8) is 0 Å². The zero-order valence-electron chi connectivity index (χ0n) is 14.9. The average molecular weight is 384 g/mol. The number of hydrogen-bond acceptors (Lipinski definition) is 7. The summed E-state index contributed by atoms with van der Waals surface area (Å²) in [4.78, 5) is 22.1. The molecule has 3 rings (SSSR count). The molecule has 1 aliphatic rings. The van der Waals surface area contributed by atoms with Crippen molar-refractivity contribution >= 4 is 25.0 Å². The van der Waals surface area contributed by atoms with E-state index in [2.05, 4.69) is 0 Å². The molecule has 1 saturated heterocycles. The van der Waals surface area contributed by atoms with Crippen molar-refractivity contribution in [2.45, 2.75) is 25.5 Å². The van der Waals surface area contributed by atoms with Crippen molar-refractivity contribution in [1.82, 2.24) is 4.57 Å². The molecule has 2 heterocycles. The van der Waals surface area contributed by atoms with E-state index in [1.807, 2.05) is 42.1 Å². The van der Waals surface area contributed by atoms with Crippen LogP contribution in [0, 0.1) is 0 Å². The van der Waals surface area contributed by atoms with Gasteiger partial charge >= 0.3 is 152 Å². The second-order valence-electron chi connectivity index (χ2n) is 6.23. The summed E-state index contributed by atoms with van der Waals surface area (Å²) in [5.41, 5.74) is 8.09. The number of hydrogen-bond donors (Lipinski definition) is 2. The molecule has 8 nitrogen and oxygen atoms in total. The fraction of sp³-hybridized carbons (Fsp3) is 0.471. The number of nitrogens with zero attached hydrogens (tertiary/aromatic N) is 1. The van der Waals surface area contributed by atoms with E-state index in [1.165, 1.54) is 0 Å². The zero-order valence-corrected chi connectivity index (χ0v) is 15.9. The summed E-state index contributed by atoms with van der Waals surface area (Å²) in [6.45, 7) is 2.10. The normalized spacial score (nSPS) is 21.6. The molecule has 0 bridgehead atoms. The Morgan fingerprint density at radius 1 is 1.50 bits per heavy atom. The Bertz CT molecular complexity index is 782. The van der Waals surface area contributed by atoms with E-state index < -0.39 is 26.3 Å². The Hall–Kier alpha value is -1.54. The van der Waals surface area contributed by atoms with Gasteiger partial charge in [0.05, 0.1) is 0 Å². The van der Waals surface area contributed by atoms with Crippen molar-refractivity contribution in [1.29, 1.82) is 0 Å². The second-order valence-corrected chi connectivity index (χ2v) is 8.09. The number of fused-ring (bicyclic) bond motifs is 1. The molecule has 144 valence electrons. The van der Waals surface area contributed by atoms with Gasteiger partial charge in [0.1, 0.15) is 0 Å². The first-order chi connectivity index (χ1) is 12.4. The summed E-state index contributed by atoms with van der Waals surface area (Å²) in [5, 5.41) is 1.07. The van der Waals surface area contributed by atoms with Gasteiger partial charge in [0, 0.05) is 0 Å². The molecule has 26 heavy (non-hydrogen) atoms.